The third-order valence-corrected chi connectivity index (χ3v) is 1.16. The predicted molar refractivity (Wildman–Crippen MR) is 68.6 cm³/mol. The van der Waals surface area contributed by atoms with Gasteiger partial charge in [0.05, 0.1) is 0 Å². The van der Waals surface area contributed by atoms with Crippen LogP contribution in [0, 0.1) is 5.41 Å². The number of hydrogen-bond donors (Lipinski definition) is 7. The smallest absolute Gasteiger partial charge is 0.480 e. The van der Waals surface area contributed by atoms with Gasteiger partial charge in [-0.1, -0.05) is 0 Å². The molecular weight excluding hydrogens is 449 g/mol. The maximum atomic E-state index is 10.6. The molecule has 0 rings (SSSR count). The molecule has 0 atom stereocenters. The van der Waals surface area contributed by atoms with Crippen molar-refractivity contribution >= 4 is 29.8 Å². The fraction of sp³-hybridized carbons (Fsp3) is 0.444. The van der Waals surface area contributed by atoms with E-state index in [1.807, 2.05) is 0 Å². The maximum Gasteiger partial charge on any atom is 0.490 e. The van der Waals surface area contributed by atoms with Gasteiger partial charge < -0.3 is 31.5 Å². The van der Waals surface area contributed by atoms with Crippen LogP contribution in [0.3, 0.4) is 0 Å². The SMILES string of the molecule is N=C(N)NCC(=O)O.O=C(O)C(F)(F)F.O=C(O)C(F)(F)F.O=C(O)C(F)(F)F. The number of hydrogen-bond acceptors (Lipinski definition) is 5. The molecule has 0 fully saturated rings. The van der Waals surface area contributed by atoms with E-state index in [-0.39, 0.29) is 12.5 Å². The summed E-state index contributed by atoms with van der Waals surface area (Å²) in [6, 6.07) is 0. The van der Waals surface area contributed by atoms with Crippen molar-refractivity contribution in [3.63, 3.8) is 0 Å². The second kappa shape index (κ2) is 13.7. The molecule has 20 heteroatoms. The fourth-order valence-corrected chi connectivity index (χ4v) is 0.171. The molecule has 0 unspecified atom stereocenters. The van der Waals surface area contributed by atoms with E-state index >= 15 is 0 Å². The zero-order valence-corrected chi connectivity index (χ0v) is 13.1. The third-order valence-electron chi connectivity index (χ3n) is 1.16. The summed E-state index contributed by atoms with van der Waals surface area (Å²) in [6.07, 6.45) is -15.3. The highest BCUT2D eigenvalue weighted by Gasteiger charge is 2.39. The highest BCUT2D eigenvalue weighted by molar-refractivity contribution is 5.80. The van der Waals surface area contributed by atoms with Gasteiger partial charge in [0, 0.05) is 0 Å². The van der Waals surface area contributed by atoms with Crippen molar-refractivity contribution in [3.05, 3.63) is 0 Å². The van der Waals surface area contributed by atoms with Gasteiger partial charge in [-0.15, -0.1) is 0 Å². The van der Waals surface area contributed by atoms with Gasteiger partial charge >= 0.3 is 42.4 Å². The van der Waals surface area contributed by atoms with Gasteiger partial charge in [0.2, 0.25) is 0 Å². The van der Waals surface area contributed by atoms with Crippen LogP contribution in [0.25, 0.3) is 0 Å². The minimum absolute atomic E-state index is 0.296. The highest BCUT2D eigenvalue weighted by Crippen LogP contribution is 2.14. The van der Waals surface area contributed by atoms with Crippen LogP contribution in [0.15, 0.2) is 0 Å². The van der Waals surface area contributed by atoms with Gasteiger partial charge in [-0.25, -0.2) is 14.4 Å². The molecule has 0 amide bonds. The van der Waals surface area contributed by atoms with Crippen LogP contribution in [-0.2, 0) is 19.2 Å². The molecule has 0 saturated heterocycles. The average Bonchev–Trinajstić information content (AvgIpc) is 2.44. The second-order valence-corrected chi connectivity index (χ2v) is 3.57. The van der Waals surface area contributed by atoms with E-state index in [1.165, 1.54) is 0 Å². The number of carboxylic acids is 4. The number of alkyl halides is 9. The first kappa shape index (κ1) is 33.1. The molecule has 0 aromatic rings. The minimum atomic E-state index is -5.08. The van der Waals surface area contributed by atoms with Crippen molar-refractivity contribution < 1.29 is 79.1 Å². The first-order chi connectivity index (χ1) is 12.5. The quantitative estimate of drug-likeness (QED) is 0.172. The van der Waals surface area contributed by atoms with Crippen LogP contribution in [0.2, 0.25) is 0 Å². The van der Waals surface area contributed by atoms with Crippen molar-refractivity contribution in [2.75, 3.05) is 6.54 Å². The lowest BCUT2D eigenvalue weighted by Crippen LogP contribution is -2.34. The molecule has 0 bridgehead atoms. The van der Waals surface area contributed by atoms with Crippen molar-refractivity contribution in [1.29, 1.82) is 5.41 Å². The van der Waals surface area contributed by atoms with Gasteiger partial charge in [0.15, 0.2) is 5.96 Å². The Hall–Kier alpha value is -3.48. The molecule has 0 heterocycles. The normalized spacial score (nSPS) is 10.4. The Kier molecular flexibility index (Phi) is 15.6. The standard InChI is InChI=1S/C3H7N3O2.3C2HF3O2/c4-3(5)6-1-2(7)8;3*3-2(4,5)1(6)7/h1H2,(H,7,8)(H4,4,5,6);3*(H,6,7). The molecule has 0 radical (unpaired) electrons. The maximum absolute atomic E-state index is 10.6. The minimum Gasteiger partial charge on any atom is -0.480 e. The van der Waals surface area contributed by atoms with Crippen molar-refractivity contribution in [3.8, 4) is 0 Å². The monoisotopic (exact) mass is 459 g/mol. The Labute approximate surface area is 152 Å². The highest BCUT2D eigenvalue weighted by atomic mass is 19.4. The molecule has 29 heavy (non-hydrogen) atoms. The van der Waals surface area contributed by atoms with Crippen molar-refractivity contribution in [1.82, 2.24) is 5.32 Å². The van der Waals surface area contributed by atoms with Crippen molar-refractivity contribution in [2.45, 2.75) is 18.5 Å². The lowest BCUT2D eigenvalue weighted by atomic mass is 10.6. The molecule has 0 aliphatic carbocycles. The molecule has 0 spiro atoms. The fourth-order valence-electron chi connectivity index (χ4n) is 0.171. The molecule has 8 N–H and O–H groups in total. The molecule has 0 aromatic carbocycles. The molecule has 0 aromatic heterocycles. The van der Waals surface area contributed by atoms with E-state index in [9.17, 15) is 44.3 Å². The molecule has 0 saturated carbocycles. The molecule has 0 aliphatic heterocycles. The van der Waals surface area contributed by atoms with Gasteiger partial charge in [0.25, 0.3) is 0 Å². The largest absolute Gasteiger partial charge is 0.490 e. The van der Waals surface area contributed by atoms with E-state index in [0.29, 0.717) is 0 Å². The summed E-state index contributed by atoms with van der Waals surface area (Å²) >= 11 is 0. The predicted octanol–water partition coefficient (Wildman–Crippen LogP) is 0.454. The van der Waals surface area contributed by atoms with E-state index < -0.39 is 42.4 Å². The summed E-state index contributed by atoms with van der Waals surface area (Å²) in [5.74, 6) is -9.62. The summed E-state index contributed by atoms with van der Waals surface area (Å²) in [4.78, 5) is 36.4. The third kappa shape index (κ3) is 32.6. The summed E-state index contributed by atoms with van der Waals surface area (Å²) < 4.78 is 95.2. The van der Waals surface area contributed by atoms with Crippen LogP contribution in [-0.4, -0.2) is 75.3 Å². The first-order valence-corrected chi connectivity index (χ1v) is 5.66. The van der Waals surface area contributed by atoms with Crippen LogP contribution in [0.5, 0.6) is 0 Å². The zero-order valence-electron chi connectivity index (χ0n) is 13.1. The summed E-state index contributed by atoms with van der Waals surface area (Å²) in [7, 11) is 0. The first-order valence-electron chi connectivity index (χ1n) is 5.66. The summed E-state index contributed by atoms with van der Waals surface area (Å²) in [5, 5.41) is 37.9. The van der Waals surface area contributed by atoms with Gasteiger partial charge in [0.1, 0.15) is 6.54 Å². The number of aliphatic carboxylic acids is 4. The van der Waals surface area contributed by atoms with Crippen LogP contribution in [0.1, 0.15) is 0 Å². The van der Waals surface area contributed by atoms with Gasteiger partial charge in [-0.2, -0.15) is 39.5 Å². The average molecular weight is 459 g/mol. The Morgan fingerprint density at radius 1 is 0.690 bits per heavy atom. The van der Waals surface area contributed by atoms with Crippen molar-refractivity contribution in [2.24, 2.45) is 5.73 Å². The molecular formula is C9H10F9N3O8. The summed E-state index contributed by atoms with van der Waals surface area (Å²) in [6.45, 7) is -0.296. The number of halogens is 9. The van der Waals surface area contributed by atoms with Gasteiger partial charge in [-0.05, 0) is 0 Å². The Balaban J connectivity index is -0.000000144. The lowest BCUT2D eigenvalue weighted by molar-refractivity contribution is -0.193. The van der Waals surface area contributed by atoms with E-state index in [1.54, 1.807) is 0 Å². The van der Waals surface area contributed by atoms with Crippen LogP contribution in [0.4, 0.5) is 39.5 Å². The Morgan fingerprint density at radius 3 is 0.897 bits per heavy atom. The van der Waals surface area contributed by atoms with Gasteiger partial charge in [-0.3, -0.25) is 10.2 Å². The van der Waals surface area contributed by atoms with Crippen LogP contribution >= 0.6 is 0 Å². The second-order valence-electron chi connectivity index (χ2n) is 3.57. The summed E-state index contributed by atoms with van der Waals surface area (Å²) in [5.41, 5.74) is 4.75. The Morgan fingerprint density at radius 2 is 0.862 bits per heavy atom. The van der Waals surface area contributed by atoms with Crippen LogP contribution < -0.4 is 11.1 Å². The van der Waals surface area contributed by atoms with E-state index in [2.05, 4.69) is 5.32 Å². The van der Waals surface area contributed by atoms with E-state index in [4.69, 9.17) is 46.0 Å². The number of guanidine groups is 1. The number of carboxylic acid groups (broad SMARTS) is 4. The molecule has 0 aliphatic rings. The Bertz CT molecular complexity index is 500. The number of nitrogens with two attached hydrogens (primary N) is 1. The lowest BCUT2D eigenvalue weighted by Gasteiger charge is -1.95. The number of nitrogens with one attached hydrogen (secondary N) is 2. The topological polar surface area (TPSA) is 211 Å². The number of carbonyl (C=O) groups is 4. The molecule has 11 nitrogen and oxygen atoms in total. The molecule has 172 valence electrons. The number of rotatable bonds is 2. The zero-order chi connectivity index (χ0) is 24.8. The van der Waals surface area contributed by atoms with E-state index in [0.717, 1.165) is 0 Å².